The van der Waals surface area contributed by atoms with Crippen LogP contribution >= 0.6 is 0 Å². The number of sulfonamides is 1. The second-order valence-corrected chi connectivity index (χ2v) is 10.4. The van der Waals surface area contributed by atoms with Crippen LogP contribution in [0.15, 0.2) is 30.3 Å². The molecule has 0 unspecified atom stereocenters. The van der Waals surface area contributed by atoms with Gasteiger partial charge < -0.3 is 10.1 Å². The smallest absolute Gasteiger partial charge is 0.407 e. The third-order valence-corrected chi connectivity index (χ3v) is 6.02. The molecule has 1 aliphatic rings. The maximum atomic E-state index is 12.8. The number of amides is 2. The molecule has 0 saturated carbocycles. The molecule has 0 radical (unpaired) electrons. The molecule has 28 heavy (non-hydrogen) atoms. The molecular weight excluding hydrogens is 380 g/mol. The lowest BCUT2D eigenvalue weighted by Gasteiger charge is -2.30. The molecule has 2 amide bonds. The van der Waals surface area contributed by atoms with Crippen LogP contribution in [0.1, 0.15) is 52.7 Å². The van der Waals surface area contributed by atoms with Crippen molar-refractivity contribution in [3.05, 3.63) is 41.5 Å². The lowest BCUT2D eigenvalue weighted by molar-refractivity contribution is -0.123. The van der Waals surface area contributed by atoms with E-state index in [1.54, 1.807) is 65.8 Å². The highest BCUT2D eigenvalue weighted by Crippen LogP contribution is 2.35. The molecule has 0 spiro atoms. The summed E-state index contributed by atoms with van der Waals surface area (Å²) < 4.78 is 31.6. The zero-order valence-corrected chi connectivity index (χ0v) is 18.0. The van der Waals surface area contributed by atoms with E-state index in [9.17, 15) is 18.0 Å². The van der Waals surface area contributed by atoms with Crippen molar-refractivity contribution in [2.24, 2.45) is 0 Å². The maximum absolute atomic E-state index is 12.8. The van der Waals surface area contributed by atoms with E-state index in [4.69, 9.17) is 4.74 Å². The van der Waals surface area contributed by atoms with Gasteiger partial charge in [0.05, 0.1) is 5.54 Å². The lowest BCUT2D eigenvalue weighted by Crippen LogP contribution is -2.45. The summed E-state index contributed by atoms with van der Waals surface area (Å²) in [6.07, 6.45) is 1.25. The topological polar surface area (TPSA) is 92.8 Å². The second-order valence-electron chi connectivity index (χ2n) is 8.66. The van der Waals surface area contributed by atoms with Crippen molar-refractivity contribution in [1.29, 1.82) is 0 Å². The quantitative estimate of drug-likeness (QED) is 0.826. The first-order valence-electron chi connectivity index (χ1n) is 9.09. The number of alkyl carbamates (subject to hydrolysis) is 1. The van der Waals surface area contributed by atoms with E-state index < -0.39 is 33.2 Å². The molecule has 1 N–H and O–H groups in total. The number of nitrogens with zero attached hydrogens (tertiary/aromatic N) is 1. The van der Waals surface area contributed by atoms with Crippen molar-refractivity contribution in [3.8, 4) is 0 Å². The van der Waals surface area contributed by atoms with Gasteiger partial charge in [-0.3, -0.25) is 4.79 Å². The fourth-order valence-electron chi connectivity index (χ4n) is 2.84. The number of carbonyl (C=O) groups excluding carboxylic acids is 2. The van der Waals surface area contributed by atoms with Crippen LogP contribution in [0.5, 0.6) is 0 Å². The SMILES string of the molecule is CC(C)(C)OC(=O)NCCc1ccc(C2=CC(=O)N(C(C)(C)C)S2(=O)=O)cc1. The fourth-order valence-corrected chi connectivity index (χ4v) is 4.74. The summed E-state index contributed by atoms with van der Waals surface area (Å²) in [6, 6.07) is 6.91. The minimum Gasteiger partial charge on any atom is -0.444 e. The largest absolute Gasteiger partial charge is 0.444 e. The molecule has 0 aliphatic carbocycles. The highest BCUT2D eigenvalue weighted by molar-refractivity contribution is 7.99. The van der Waals surface area contributed by atoms with Gasteiger partial charge in [-0.05, 0) is 59.1 Å². The Balaban J connectivity index is 2.04. The normalized spacial score (nSPS) is 16.7. The van der Waals surface area contributed by atoms with Gasteiger partial charge in [-0.1, -0.05) is 24.3 Å². The van der Waals surface area contributed by atoms with E-state index in [1.807, 2.05) is 0 Å². The molecule has 1 heterocycles. The van der Waals surface area contributed by atoms with E-state index in [2.05, 4.69) is 5.32 Å². The first kappa shape index (κ1) is 21.9. The van der Waals surface area contributed by atoms with Crippen LogP contribution < -0.4 is 5.32 Å². The van der Waals surface area contributed by atoms with Crippen molar-refractivity contribution in [3.63, 3.8) is 0 Å². The number of hydrogen-bond acceptors (Lipinski definition) is 5. The lowest BCUT2D eigenvalue weighted by atomic mass is 10.1. The minimum atomic E-state index is -3.87. The van der Waals surface area contributed by atoms with Gasteiger partial charge in [-0.15, -0.1) is 0 Å². The van der Waals surface area contributed by atoms with E-state index >= 15 is 0 Å². The number of carbonyl (C=O) groups is 2. The van der Waals surface area contributed by atoms with Crippen LogP contribution in [-0.2, 0) is 26.0 Å². The van der Waals surface area contributed by atoms with Crippen LogP contribution in [0, 0.1) is 0 Å². The molecule has 8 heteroatoms. The molecule has 7 nitrogen and oxygen atoms in total. The number of nitrogens with one attached hydrogen (secondary N) is 1. The Morgan fingerprint density at radius 2 is 1.64 bits per heavy atom. The van der Waals surface area contributed by atoms with Gasteiger partial charge in [0.15, 0.2) is 0 Å². The molecule has 2 rings (SSSR count). The Hall–Kier alpha value is -2.35. The van der Waals surface area contributed by atoms with Crippen molar-refractivity contribution in [2.75, 3.05) is 6.54 Å². The first-order valence-corrected chi connectivity index (χ1v) is 10.5. The summed E-state index contributed by atoms with van der Waals surface area (Å²) in [4.78, 5) is 23.9. The number of rotatable bonds is 4. The van der Waals surface area contributed by atoms with Gasteiger partial charge in [-0.2, -0.15) is 0 Å². The maximum Gasteiger partial charge on any atom is 0.407 e. The molecule has 1 aliphatic heterocycles. The number of benzene rings is 1. The van der Waals surface area contributed by atoms with E-state index in [0.717, 1.165) is 9.87 Å². The molecular formula is C20H28N2O5S. The average Bonchev–Trinajstić information content (AvgIpc) is 2.75. The molecule has 154 valence electrons. The molecule has 1 aromatic carbocycles. The monoisotopic (exact) mass is 408 g/mol. The minimum absolute atomic E-state index is 0.00542. The molecule has 0 bridgehead atoms. The second kappa shape index (κ2) is 7.58. The zero-order chi connectivity index (χ0) is 21.3. The van der Waals surface area contributed by atoms with Gasteiger partial charge in [0.1, 0.15) is 10.5 Å². The van der Waals surface area contributed by atoms with Gasteiger partial charge in [0, 0.05) is 12.6 Å². The molecule has 0 saturated heterocycles. The van der Waals surface area contributed by atoms with Gasteiger partial charge in [0.2, 0.25) is 0 Å². The van der Waals surface area contributed by atoms with E-state index in [1.165, 1.54) is 6.08 Å². The fraction of sp³-hybridized carbons (Fsp3) is 0.500. The average molecular weight is 409 g/mol. The first-order chi connectivity index (χ1) is 12.7. The van der Waals surface area contributed by atoms with Crippen molar-refractivity contribution < 1.29 is 22.7 Å². The van der Waals surface area contributed by atoms with Gasteiger partial charge >= 0.3 is 6.09 Å². The van der Waals surface area contributed by atoms with Crippen molar-refractivity contribution >= 4 is 26.9 Å². The van der Waals surface area contributed by atoms with Crippen molar-refractivity contribution in [1.82, 2.24) is 9.62 Å². The Kier molecular flexibility index (Phi) is 5.94. The summed E-state index contributed by atoms with van der Waals surface area (Å²) in [6.45, 7) is 10.8. The van der Waals surface area contributed by atoms with Crippen LogP contribution in [0.25, 0.3) is 4.91 Å². The molecule has 1 aromatic rings. The third-order valence-electron chi connectivity index (χ3n) is 3.90. The molecule has 0 fully saturated rings. The predicted molar refractivity (Wildman–Crippen MR) is 108 cm³/mol. The number of hydrogen-bond donors (Lipinski definition) is 1. The highest BCUT2D eigenvalue weighted by atomic mass is 32.2. The van der Waals surface area contributed by atoms with E-state index in [0.29, 0.717) is 18.5 Å². The number of ether oxygens (including phenoxy) is 1. The van der Waals surface area contributed by atoms with E-state index in [-0.39, 0.29) is 4.91 Å². The molecule has 0 atom stereocenters. The van der Waals surface area contributed by atoms with Crippen LogP contribution in [-0.4, -0.2) is 42.4 Å². The Morgan fingerprint density at radius 1 is 1.07 bits per heavy atom. The zero-order valence-electron chi connectivity index (χ0n) is 17.2. The molecule has 0 aromatic heterocycles. The summed E-state index contributed by atoms with van der Waals surface area (Å²) in [5.74, 6) is -0.534. The highest BCUT2D eigenvalue weighted by Gasteiger charge is 2.44. The third kappa shape index (κ3) is 5.13. The van der Waals surface area contributed by atoms with Crippen molar-refractivity contribution in [2.45, 2.75) is 59.1 Å². The summed E-state index contributed by atoms with van der Waals surface area (Å²) in [5.41, 5.74) is 0.00484. The summed E-state index contributed by atoms with van der Waals surface area (Å²) >= 11 is 0. The van der Waals surface area contributed by atoms with Gasteiger partial charge in [0.25, 0.3) is 15.9 Å². The van der Waals surface area contributed by atoms with Crippen LogP contribution in [0.3, 0.4) is 0 Å². The summed E-state index contributed by atoms with van der Waals surface area (Å²) in [7, 11) is -3.87. The predicted octanol–water partition coefficient (Wildman–Crippen LogP) is 3.07. The Bertz CT molecular complexity index is 888. The van der Waals surface area contributed by atoms with Gasteiger partial charge in [-0.25, -0.2) is 17.5 Å². The van der Waals surface area contributed by atoms with Crippen LogP contribution in [0.2, 0.25) is 0 Å². The Morgan fingerprint density at radius 3 is 2.11 bits per heavy atom. The van der Waals surface area contributed by atoms with Crippen LogP contribution in [0.4, 0.5) is 4.79 Å². The Labute approximate surface area is 166 Å². The summed E-state index contributed by atoms with van der Waals surface area (Å²) in [5, 5.41) is 2.68. The standard InChI is InChI=1S/C20H28N2O5S/c1-19(2,3)22-17(23)13-16(28(22,25)26)15-9-7-14(8-10-15)11-12-21-18(24)27-20(4,5)6/h7-10,13H,11-12H2,1-6H3,(H,21,24).